The van der Waals surface area contributed by atoms with Gasteiger partial charge in [-0.1, -0.05) is 43.2 Å². The van der Waals surface area contributed by atoms with E-state index in [1.165, 1.54) is 6.08 Å². The fourth-order valence-electron chi connectivity index (χ4n) is 3.58. The Morgan fingerprint density at radius 2 is 1.79 bits per heavy atom. The Kier molecular flexibility index (Phi) is 6.87. The summed E-state index contributed by atoms with van der Waals surface area (Å²) in [6, 6.07) is 14.3. The normalized spacial score (nSPS) is 18.1. The highest BCUT2D eigenvalue weighted by atomic mass is 32.2. The lowest BCUT2D eigenvalue weighted by atomic mass is 10.0. The average Bonchev–Trinajstić information content (AvgIpc) is 2.73. The van der Waals surface area contributed by atoms with Crippen molar-refractivity contribution in [1.29, 1.82) is 0 Å². The first-order valence-corrected chi connectivity index (χ1v) is 11.5. The van der Waals surface area contributed by atoms with Gasteiger partial charge >= 0.3 is 0 Å². The van der Waals surface area contributed by atoms with E-state index in [0.717, 1.165) is 36.8 Å². The van der Waals surface area contributed by atoms with Crippen LogP contribution in [0.2, 0.25) is 0 Å². The third-order valence-corrected chi connectivity index (χ3v) is 7.24. The molecule has 1 amide bonds. The number of rotatable bonds is 6. The summed E-state index contributed by atoms with van der Waals surface area (Å²) in [6.07, 6.45) is 6.92. The molecule has 1 heterocycles. The minimum absolute atomic E-state index is 0.0695. The number of carbonyl (C=O) groups excluding carboxylic acids is 1. The van der Waals surface area contributed by atoms with Crippen molar-refractivity contribution in [2.24, 2.45) is 0 Å². The average molecular weight is 413 g/mol. The molecule has 1 fully saturated rings. The van der Waals surface area contributed by atoms with Gasteiger partial charge in [0.2, 0.25) is 15.9 Å². The van der Waals surface area contributed by atoms with Crippen LogP contribution in [0.5, 0.6) is 0 Å². The van der Waals surface area contributed by atoms with Crippen molar-refractivity contribution in [2.75, 3.05) is 11.9 Å². The van der Waals surface area contributed by atoms with Crippen LogP contribution in [-0.2, 0) is 14.8 Å². The van der Waals surface area contributed by atoms with Crippen LogP contribution < -0.4 is 5.32 Å². The molecular formula is C23H28N2O3S. The summed E-state index contributed by atoms with van der Waals surface area (Å²) in [5.74, 6) is -0.261. The number of aryl methyl sites for hydroxylation is 1. The van der Waals surface area contributed by atoms with Gasteiger partial charge in [0.1, 0.15) is 0 Å². The lowest BCUT2D eigenvalue weighted by Gasteiger charge is -2.34. The molecular weight excluding hydrogens is 384 g/mol. The third kappa shape index (κ3) is 5.34. The van der Waals surface area contributed by atoms with Gasteiger partial charge < -0.3 is 5.32 Å². The smallest absolute Gasteiger partial charge is 0.248 e. The number of sulfonamides is 1. The van der Waals surface area contributed by atoms with Crippen molar-refractivity contribution in [2.45, 2.75) is 50.5 Å². The van der Waals surface area contributed by atoms with Crippen molar-refractivity contribution in [3.8, 4) is 0 Å². The summed E-state index contributed by atoms with van der Waals surface area (Å²) < 4.78 is 27.6. The van der Waals surface area contributed by atoms with Crippen LogP contribution in [-0.4, -0.2) is 31.2 Å². The molecule has 2 aromatic carbocycles. The second-order valence-corrected chi connectivity index (χ2v) is 9.32. The van der Waals surface area contributed by atoms with Crippen LogP contribution in [0.15, 0.2) is 59.5 Å². The number of hydrogen-bond donors (Lipinski definition) is 1. The molecule has 2 aromatic rings. The summed E-state index contributed by atoms with van der Waals surface area (Å²) in [7, 11) is -3.51. The number of benzene rings is 2. The van der Waals surface area contributed by atoms with E-state index < -0.39 is 10.0 Å². The van der Waals surface area contributed by atoms with Gasteiger partial charge in [0.05, 0.1) is 4.90 Å². The number of amides is 1. The fraction of sp³-hybridized carbons (Fsp3) is 0.348. The van der Waals surface area contributed by atoms with Gasteiger partial charge in [-0.15, -0.1) is 0 Å². The molecule has 1 aliphatic rings. The van der Waals surface area contributed by atoms with Crippen LogP contribution in [0.3, 0.4) is 0 Å². The lowest BCUT2D eigenvalue weighted by Crippen LogP contribution is -2.43. The monoisotopic (exact) mass is 412 g/mol. The van der Waals surface area contributed by atoms with Gasteiger partial charge in [-0.3, -0.25) is 4.79 Å². The first-order chi connectivity index (χ1) is 13.9. The van der Waals surface area contributed by atoms with Crippen molar-refractivity contribution in [1.82, 2.24) is 4.31 Å². The SMILES string of the molecule is CCC1CCCCN1S(=O)(=O)c1ccc(NC(=O)/C=C/c2ccc(C)cc2)cc1. The molecule has 0 saturated carbocycles. The summed E-state index contributed by atoms with van der Waals surface area (Å²) in [5.41, 5.74) is 2.67. The highest BCUT2D eigenvalue weighted by Crippen LogP contribution is 2.27. The Morgan fingerprint density at radius 3 is 2.45 bits per heavy atom. The maximum Gasteiger partial charge on any atom is 0.248 e. The largest absolute Gasteiger partial charge is 0.323 e. The molecule has 6 heteroatoms. The number of nitrogens with one attached hydrogen (secondary N) is 1. The van der Waals surface area contributed by atoms with Crippen LogP contribution in [0.1, 0.15) is 43.7 Å². The standard InChI is InChI=1S/C23H28N2O3S/c1-3-21-6-4-5-17-25(21)29(27,28)22-14-12-20(13-15-22)24-23(26)16-11-19-9-7-18(2)8-10-19/h7-16,21H,3-6,17H2,1-2H3,(H,24,26)/b16-11+. The zero-order valence-electron chi connectivity index (χ0n) is 17.0. The van der Waals surface area contributed by atoms with E-state index in [1.54, 1.807) is 34.6 Å². The van der Waals surface area contributed by atoms with Crippen LogP contribution in [0.25, 0.3) is 6.08 Å². The zero-order valence-corrected chi connectivity index (χ0v) is 17.8. The number of nitrogens with zero attached hydrogens (tertiary/aromatic N) is 1. The number of carbonyl (C=O) groups is 1. The molecule has 0 bridgehead atoms. The van der Waals surface area contributed by atoms with E-state index >= 15 is 0 Å². The van der Waals surface area contributed by atoms with Gasteiger partial charge in [0.25, 0.3) is 0 Å². The predicted octanol–water partition coefficient (Wildman–Crippen LogP) is 4.60. The summed E-state index contributed by atoms with van der Waals surface area (Å²) in [4.78, 5) is 12.4. The quantitative estimate of drug-likeness (QED) is 0.705. The minimum atomic E-state index is -3.51. The Hall–Kier alpha value is -2.44. The Morgan fingerprint density at radius 1 is 1.10 bits per heavy atom. The molecule has 3 rings (SSSR count). The van der Waals surface area contributed by atoms with E-state index in [2.05, 4.69) is 5.32 Å². The maximum absolute atomic E-state index is 13.0. The zero-order chi connectivity index (χ0) is 20.9. The molecule has 1 saturated heterocycles. The van der Waals surface area contributed by atoms with E-state index in [-0.39, 0.29) is 16.8 Å². The first kappa shape index (κ1) is 21.3. The Bertz CT molecular complexity index is 964. The van der Waals surface area contributed by atoms with Crippen molar-refractivity contribution in [3.63, 3.8) is 0 Å². The molecule has 5 nitrogen and oxygen atoms in total. The molecule has 1 unspecified atom stereocenters. The molecule has 0 aliphatic carbocycles. The van der Waals surface area contributed by atoms with E-state index in [1.807, 2.05) is 38.1 Å². The van der Waals surface area contributed by atoms with Crippen molar-refractivity contribution in [3.05, 3.63) is 65.7 Å². The van der Waals surface area contributed by atoms with Crippen LogP contribution >= 0.6 is 0 Å². The van der Waals surface area contributed by atoms with Gasteiger partial charge in [-0.2, -0.15) is 4.31 Å². The molecule has 1 atom stereocenters. The highest BCUT2D eigenvalue weighted by molar-refractivity contribution is 7.89. The van der Waals surface area contributed by atoms with Gasteiger partial charge in [0, 0.05) is 24.4 Å². The molecule has 154 valence electrons. The number of anilines is 1. The molecule has 29 heavy (non-hydrogen) atoms. The first-order valence-electron chi connectivity index (χ1n) is 10.1. The fourth-order valence-corrected chi connectivity index (χ4v) is 5.34. The summed E-state index contributed by atoms with van der Waals surface area (Å²) in [6.45, 7) is 4.61. The van der Waals surface area contributed by atoms with Crippen LogP contribution in [0, 0.1) is 6.92 Å². The van der Waals surface area contributed by atoms with Crippen molar-refractivity contribution < 1.29 is 13.2 Å². The second kappa shape index (κ2) is 9.37. The van der Waals surface area contributed by atoms with Gasteiger partial charge in [-0.05, 0) is 62.1 Å². The third-order valence-electron chi connectivity index (χ3n) is 5.28. The Balaban J connectivity index is 1.66. The minimum Gasteiger partial charge on any atom is -0.323 e. The number of hydrogen-bond acceptors (Lipinski definition) is 3. The van der Waals surface area contributed by atoms with Gasteiger partial charge in [0.15, 0.2) is 0 Å². The molecule has 0 aromatic heterocycles. The number of piperidine rings is 1. The molecule has 0 radical (unpaired) electrons. The Labute approximate surface area is 173 Å². The summed E-state index contributed by atoms with van der Waals surface area (Å²) in [5, 5.41) is 2.77. The van der Waals surface area contributed by atoms with Crippen molar-refractivity contribution >= 4 is 27.7 Å². The van der Waals surface area contributed by atoms with Crippen LogP contribution in [0.4, 0.5) is 5.69 Å². The summed E-state index contributed by atoms with van der Waals surface area (Å²) >= 11 is 0. The maximum atomic E-state index is 13.0. The topological polar surface area (TPSA) is 66.5 Å². The molecule has 0 spiro atoms. The second-order valence-electron chi connectivity index (χ2n) is 7.43. The van der Waals surface area contributed by atoms with E-state index in [4.69, 9.17) is 0 Å². The van der Waals surface area contributed by atoms with E-state index in [9.17, 15) is 13.2 Å². The lowest BCUT2D eigenvalue weighted by molar-refractivity contribution is -0.111. The molecule has 1 N–H and O–H groups in total. The van der Waals surface area contributed by atoms with Gasteiger partial charge in [-0.25, -0.2) is 8.42 Å². The van der Waals surface area contributed by atoms with E-state index in [0.29, 0.717) is 12.2 Å². The predicted molar refractivity (Wildman–Crippen MR) is 117 cm³/mol. The molecule has 1 aliphatic heterocycles. The highest BCUT2D eigenvalue weighted by Gasteiger charge is 2.32.